The quantitative estimate of drug-likeness (QED) is 0.770. The summed E-state index contributed by atoms with van der Waals surface area (Å²) in [5.41, 5.74) is 2.81. The highest BCUT2D eigenvalue weighted by Crippen LogP contribution is 2.21. The predicted octanol–water partition coefficient (Wildman–Crippen LogP) is 4.05. The second kappa shape index (κ2) is 6.28. The maximum atomic E-state index is 13.7. The number of hydrogen-bond acceptors (Lipinski definition) is 2. The molecule has 1 atom stereocenters. The van der Waals surface area contributed by atoms with Crippen LogP contribution in [0.2, 0.25) is 0 Å². The molecule has 0 bridgehead atoms. The number of nitrogens with one attached hydrogen (secondary N) is 1. The van der Waals surface area contributed by atoms with Crippen molar-refractivity contribution in [2.75, 3.05) is 0 Å². The predicted molar refractivity (Wildman–Crippen MR) is 87.1 cm³/mol. The van der Waals surface area contributed by atoms with E-state index in [2.05, 4.69) is 29.8 Å². The van der Waals surface area contributed by atoms with E-state index in [1.54, 1.807) is 12.1 Å². The van der Waals surface area contributed by atoms with Crippen LogP contribution < -0.4 is 5.32 Å². The van der Waals surface area contributed by atoms with Crippen molar-refractivity contribution in [1.82, 2.24) is 14.9 Å². The van der Waals surface area contributed by atoms with E-state index in [4.69, 9.17) is 4.98 Å². The Kier molecular flexibility index (Phi) is 4.20. The van der Waals surface area contributed by atoms with Gasteiger partial charge >= 0.3 is 0 Å². The molecule has 114 valence electrons. The molecule has 0 spiro atoms. The van der Waals surface area contributed by atoms with Gasteiger partial charge in [0.1, 0.15) is 11.6 Å². The highest BCUT2D eigenvalue weighted by atomic mass is 19.1. The largest absolute Gasteiger partial charge is 0.327 e. The Hall–Kier alpha value is -2.20. The standard InChI is InChI=1S/C18H20FN3/c1-3-22-17-11-7-6-10-16(17)21-18(22)13(2)20-12-14-8-4-5-9-15(14)19/h4-11,13,20H,3,12H2,1-2H3. The zero-order chi connectivity index (χ0) is 15.5. The van der Waals surface area contributed by atoms with Crippen molar-refractivity contribution in [3.05, 3.63) is 65.7 Å². The first-order valence-corrected chi connectivity index (χ1v) is 7.62. The van der Waals surface area contributed by atoms with Gasteiger partial charge in [-0.1, -0.05) is 30.3 Å². The molecule has 22 heavy (non-hydrogen) atoms. The number of hydrogen-bond donors (Lipinski definition) is 1. The van der Waals surface area contributed by atoms with Crippen LogP contribution >= 0.6 is 0 Å². The van der Waals surface area contributed by atoms with E-state index in [9.17, 15) is 4.39 Å². The van der Waals surface area contributed by atoms with Crippen molar-refractivity contribution < 1.29 is 4.39 Å². The van der Waals surface area contributed by atoms with Gasteiger partial charge in [-0.3, -0.25) is 0 Å². The number of para-hydroxylation sites is 2. The lowest BCUT2D eigenvalue weighted by atomic mass is 10.2. The van der Waals surface area contributed by atoms with Gasteiger partial charge in [0.15, 0.2) is 0 Å². The lowest BCUT2D eigenvalue weighted by Crippen LogP contribution is -2.22. The second-order valence-corrected chi connectivity index (χ2v) is 5.40. The van der Waals surface area contributed by atoms with Crippen LogP contribution in [0.15, 0.2) is 48.5 Å². The molecule has 1 aromatic heterocycles. The zero-order valence-electron chi connectivity index (χ0n) is 12.9. The molecule has 0 aliphatic heterocycles. The number of halogens is 1. The molecule has 0 fully saturated rings. The maximum absolute atomic E-state index is 13.7. The first kappa shape index (κ1) is 14.7. The highest BCUT2D eigenvalue weighted by molar-refractivity contribution is 5.76. The van der Waals surface area contributed by atoms with Crippen LogP contribution in [-0.2, 0) is 13.1 Å². The molecule has 3 aromatic rings. The lowest BCUT2D eigenvalue weighted by Gasteiger charge is -2.15. The van der Waals surface area contributed by atoms with Gasteiger partial charge in [0.05, 0.1) is 17.1 Å². The molecule has 0 aliphatic carbocycles. The Morgan fingerprint density at radius 2 is 1.86 bits per heavy atom. The van der Waals surface area contributed by atoms with E-state index in [0.717, 1.165) is 23.4 Å². The fourth-order valence-corrected chi connectivity index (χ4v) is 2.75. The monoisotopic (exact) mass is 297 g/mol. The fraction of sp³-hybridized carbons (Fsp3) is 0.278. The van der Waals surface area contributed by atoms with Gasteiger partial charge in [0.2, 0.25) is 0 Å². The summed E-state index contributed by atoms with van der Waals surface area (Å²) in [6.07, 6.45) is 0. The SMILES string of the molecule is CCn1c(C(C)NCc2ccccc2F)nc2ccccc21. The maximum Gasteiger partial charge on any atom is 0.127 e. The number of aryl methyl sites for hydroxylation is 1. The molecule has 0 saturated carbocycles. The summed E-state index contributed by atoms with van der Waals surface area (Å²) in [4.78, 5) is 4.72. The summed E-state index contributed by atoms with van der Waals surface area (Å²) in [6, 6.07) is 15.0. The van der Waals surface area contributed by atoms with Crippen LogP contribution in [-0.4, -0.2) is 9.55 Å². The number of fused-ring (bicyclic) bond motifs is 1. The zero-order valence-corrected chi connectivity index (χ0v) is 12.9. The Balaban J connectivity index is 1.83. The molecule has 0 saturated heterocycles. The van der Waals surface area contributed by atoms with Crippen molar-refractivity contribution in [2.24, 2.45) is 0 Å². The summed E-state index contributed by atoms with van der Waals surface area (Å²) >= 11 is 0. The summed E-state index contributed by atoms with van der Waals surface area (Å²) in [5, 5.41) is 3.37. The molecule has 1 unspecified atom stereocenters. The second-order valence-electron chi connectivity index (χ2n) is 5.40. The molecule has 2 aromatic carbocycles. The average Bonchev–Trinajstić information content (AvgIpc) is 2.92. The molecular formula is C18H20FN3. The van der Waals surface area contributed by atoms with Crippen molar-refractivity contribution >= 4 is 11.0 Å². The molecule has 3 rings (SSSR count). The van der Waals surface area contributed by atoms with Gasteiger partial charge in [0, 0.05) is 18.7 Å². The number of nitrogens with zero attached hydrogens (tertiary/aromatic N) is 2. The highest BCUT2D eigenvalue weighted by Gasteiger charge is 2.15. The topological polar surface area (TPSA) is 29.9 Å². The van der Waals surface area contributed by atoms with E-state index in [1.807, 2.05) is 24.3 Å². The number of aromatic nitrogens is 2. The number of rotatable bonds is 5. The van der Waals surface area contributed by atoms with Gasteiger partial charge < -0.3 is 9.88 Å². The molecule has 0 amide bonds. The molecule has 4 heteroatoms. The van der Waals surface area contributed by atoms with E-state index in [-0.39, 0.29) is 11.9 Å². The first-order chi connectivity index (χ1) is 10.7. The number of benzene rings is 2. The third-order valence-electron chi connectivity index (χ3n) is 3.94. The Bertz CT molecular complexity index is 779. The third-order valence-corrected chi connectivity index (χ3v) is 3.94. The molecular weight excluding hydrogens is 277 g/mol. The van der Waals surface area contributed by atoms with Crippen molar-refractivity contribution in [2.45, 2.75) is 33.0 Å². The minimum absolute atomic E-state index is 0.0481. The van der Waals surface area contributed by atoms with Gasteiger partial charge in [-0.25, -0.2) is 9.37 Å². The first-order valence-electron chi connectivity index (χ1n) is 7.62. The van der Waals surface area contributed by atoms with E-state index < -0.39 is 0 Å². The van der Waals surface area contributed by atoms with Gasteiger partial charge in [-0.05, 0) is 32.0 Å². The van der Waals surface area contributed by atoms with Crippen LogP contribution in [0.25, 0.3) is 11.0 Å². The number of imidazole rings is 1. The molecule has 0 aliphatic rings. The Morgan fingerprint density at radius 3 is 2.64 bits per heavy atom. The normalized spacial score (nSPS) is 12.7. The Morgan fingerprint density at radius 1 is 1.14 bits per heavy atom. The molecule has 0 radical (unpaired) electrons. The van der Waals surface area contributed by atoms with Crippen LogP contribution in [0.1, 0.15) is 31.3 Å². The minimum atomic E-state index is -0.175. The fourth-order valence-electron chi connectivity index (χ4n) is 2.75. The van der Waals surface area contributed by atoms with Crippen molar-refractivity contribution in [3.8, 4) is 0 Å². The van der Waals surface area contributed by atoms with Crippen molar-refractivity contribution in [3.63, 3.8) is 0 Å². The van der Waals surface area contributed by atoms with Gasteiger partial charge in [-0.2, -0.15) is 0 Å². The van der Waals surface area contributed by atoms with E-state index in [1.165, 1.54) is 6.07 Å². The van der Waals surface area contributed by atoms with Crippen LogP contribution in [0.4, 0.5) is 4.39 Å². The Labute approximate surface area is 129 Å². The summed E-state index contributed by atoms with van der Waals surface area (Å²) < 4.78 is 15.9. The van der Waals surface area contributed by atoms with Gasteiger partial charge in [0.25, 0.3) is 0 Å². The molecule has 1 N–H and O–H groups in total. The molecule has 3 nitrogen and oxygen atoms in total. The minimum Gasteiger partial charge on any atom is -0.327 e. The molecule has 1 heterocycles. The van der Waals surface area contributed by atoms with Crippen LogP contribution in [0, 0.1) is 5.82 Å². The summed E-state index contributed by atoms with van der Waals surface area (Å²) in [7, 11) is 0. The van der Waals surface area contributed by atoms with Gasteiger partial charge in [-0.15, -0.1) is 0 Å². The third kappa shape index (κ3) is 2.74. The smallest absolute Gasteiger partial charge is 0.127 e. The van der Waals surface area contributed by atoms with Crippen LogP contribution in [0.3, 0.4) is 0 Å². The summed E-state index contributed by atoms with van der Waals surface area (Å²) in [5.74, 6) is 0.811. The summed E-state index contributed by atoms with van der Waals surface area (Å²) in [6.45, 7) is 5.53. The van der Waals surface area contributed by atoms with E-state index >= 15 is 0 Å². The average molecular weight is 297 g/mol. The van der Waals surface area contributed by atoms with Crippen molar-refractivity contribution in [1.29, 1.82) is 0 Å². The van der Waals surface area contributed by atoms with Crippen LogP contribution in [0.5, 0.6) is 0 Å². The lowest BCUT2D eigenvalue weighted by molar-refractivity contribution is 0.508. The van der Waals surface area contributed by atoms with E-state index in [0.29, 0.717) is 12.1 Å².